The van der Waals surface area contributed by atoms with Gasteiger partial charge in [0.05, 0.1) is 25.4 Å². The van der Waals surface area contributed by atoms with Gasteiger partial charge in [0.1, 0.15) is 0 Å². The van der Waals surface area contributed by atoms with Crippen LogP contribution in [0.3, 0.4) is 0 Å². The Morgan fingerprint density at radius 3 is 1.07 bits per heavy atom. The molecule has 2 atom stereocenters. The number of esters is 1. The molecule has 0 saturated heterocycles. The molecule has 6 nitrogen and oxygen atoms in total. The summed E-state index contributed by atoms with van der Waals surface area (Å²) >= 11 is 0. The fraction of sp³-hybridized carbons (Fsp3) is 0.912. The van der Waals surface area contributed by atoms with Crippen LogP contribution in [-0.4, -0.2) is 47.4 Å². The normalized spacial score (nSPS) is 12.6. The number of aliphatic hydroxyl groups is 2. The van der Waals surface area contributed by atoms with Gasteiger partial charge in [-0.2, -0.15) is 0 Å². The van der Waals surface area contributed by atoms with Gasteiger partial charge in [0.15, 0.2) is 0 Å². The number of carbonyl (C=O) groups excluding carboxylic acids is 2. The first-order valence-electron chi connectivity index (χ1n) is 33.6. The molecule has 2 unspecified atom stereocenters. The molecule has 0 rings (SSSR count). The van der Waals surface area contributed by atoms with Gasteiger partial charge in [-0.3, -0.25) is 9.59 Å². The predicted octanol–water partition coefficient (Wildman–Crippen LogP) is 21.4. The lowest BCUT2D eigenvalue weighted by molar-refractivity contribution is -0.143. The van der Waals surface area contributed by atoms with E-state index in [0.717, 1.165) is 51.4 Å². The predicted molar refractivity (Wildman–Crippen MR) is 324 cm³/mol. The topological polar surface area (TPSA) is 95.9 Å². The van der Waals surface area contributed by atoms with Crippen LogP contribution in [0.1, 0.15) is 373 Å². The van der Waals surface area contributed by atoms with Crippen molar-refractivity contribution in [2.45, 2.75) is 386 Å². The van der Waals surface area contributed by atoms with E-state index < -0.39 is 12.1 Å². The quantitative estimate of drug-likeness (QED) is 0.0320. The van der Waals surface area contributed by atoms with Gasteiger partial charge >= 0.3 is 5.97 Å². The van der Waals surface area contributed by atoms with E-state index in [1.807, 2.05) is 0 Å². The summed E-state index contributed by atoms with van der Waals surface area (Å²) in [5.74, 6) is -0.0319. The van der Waals surface area contributed by atoms with Gasteiger partial charge in [-0.05, 0) is 51.4 Å². The number of rotatable bonds is 63. The fourth-order valence-corrected chi connectivity index (χ4v) is 10.6. The summed E-state index contributed by atoms with van der Waals surface area (Å²) < 4.78 is 5.48. The summed E-state index contributed by atoms with van der Waals surface area (Å²) in [5.41, 5.74) is 0. The minimum Gasteiger partial charge on any atom is -0.466 e. The Kier molecular flexibility index (Phi) is 62.4. The van der Waals surface area contributed by atoms with Crippen molar-refractivity contribution in [3.63, 3.8) is 0 Å². The lowest BCUT2D eigenvalue weighted by atomic mass is 10.0. The van der Waals surface area contributed by atoms with Crippen LogP contribution < -0.4 is 5.32 Å². The monoisotopic (exact) mass is 1040 g/mol. The Balaban J connectivity index is 3.38. The van der Waals surface area contributed by atoms with Crippen LogP contribution in [0.15, 0.2) is 24.3 Å². The minimum absolute atomic E-state index is 0.000593. The minimum atomic E-state index is -0.665. The Morgan fingerprint density at radius 2 is 0.689 bits per heavy atom. The summed E-state index contributed by atoms with van der Waals surface area (Å²) in [6.07, 6.45) is 79.2. The molecule has 0 aromatic carbocycles. The van der Waals surface area contributed by atoms with Crippen molar-refractivity contribution in [2.24, 2.45) is 0 Å². The van der Waals surface area contributed by atoms with Crippen molar-refractivity contribution in [1.82, 2.24) is 5.32 Å². The van der Waals surface area contributed by atoms with E-state index in [9.17, 15) is 19.8 Å². The highest BCUT2D eigenvalue weighted by molar-refractivity contribution is 5.76. The van der Waals surface area contributed by atoms with Gasteiger partial charge in [-0.15, -0.1) is 0 Å². The van der Waals surface area contributed by atoms with E-state index in [1.54, 1.807) is 0 Å². The number of hydrogen-bond donors (Lipinski definition) is 3. The summed E-state index contributed by atoms with van der Waals surface area (Å²) in [6.45, 7) is 4.94. The van der Waals surface area contributed by atoms with Gasteiger partial charge < -0.3 is 20.3 Å². The van der Waals surface area contributed by atoms with E-state index in [1.165, 1.54) is 289 Å². The highest BCUT2D eigenvalue weighted by Crippen LogP contribution is 2.19. The molecular weight excluding hydrogens is 911 g/mol. The van der Waals surface area contributed by atoms with Gasteiger partial charge in [-0.1, -0.05) is 334 Å². The molecule has 0 radical (unpaired) electrons. The SMILES string of the molecule is CCCC/C=C\C/C=C\CCCCCCCC(=O)OCCCCCCCCCCCCCCCCCCCCCCCCC(=O)NC(CO)C(O)CCCCCCCCCCCCCCCCCCCCCCC. The molecule has 74 heavy (non-hydrogen) atoms. The first kappa shape index (κ1) is 72.3. The molecule has 0 aliphatic carbocycles. The van der Waals surface area contributed by atoms with Crippen LogP contribution in [0.25, 0.3) is 0 Å². The second-order valence-electron chi connectivity index (χ2n) is 23.2. The van der Waals surface area contributed by atoms with Crippen molar-refractivity contribution in [1.29, 1.82) is 0 Å². The fourth-order valence-electron chi connectivity index (χ4n) is 10.6. The molecule has 1 amide bonds. The van der Waals surface area contributed by atoms with E-state index >= 15 is 0 Å². The van der Waals surface area contributed by atoms with E-state index in [2.05, 4.69) is 43.5 Å². The molecular formula is C68H131NO5. The second-order valence-corrected chi connectivity index (χ2v) is 23.2. The molecule has 0 fully saturated rings. The van der Waals surface area contributed by atoms with Crippen molar-refractivity contribution >= 4 is 11.9 Å². The van der Waals surface area contributed by atoms with Gasteiger partial charge in [-0.25, -0.2) is 0 Å². The first-order valence-corrected chi connectivity index (χ1v) is 33.6. The summed E-state index contributed by atoms with van der Waals surface area (Å²) in [4.78, 5) is 24.6. The third-order valence-electron chi connectivity index (χ3n) is 15.8. The van der Waals surface area contributed by atoms with Crippen LogP contribution in [0, 0.1) is 0 Å². The molecule has 0 spiro atoms. The number of nitrogens with one attached hydrogen (secondary N) is 1. The first-order chi connectivity index (χ1) is 36.5. The number of carbonyl (C=O) groups is 2. The smallest absolute Gasteiger partial charge is 0.305 e. The number of hydrogen-bond acceptors (Lipinski definition) is 5. The molecule has 0 aliphatic heterocycles. The van der Waals surface area contributed by atoms with E-state index in [-0.39, 0.29) is 18.5 Å². The third kappa shape index (κ3) is 59.6. The zero-order valence-corrected chi connectivity index (χ0v) is 50.1. The zero-order valence-electron chi connectivity index (χ0n) is 50.1. The number of allylic oxidation sites excluding steroid dienone is 4. The average Bonchev–Trinajstić information content (AvgIpc) is 3.40. The van der Waals surface area contributed by atoms with Crippen LogP contribution in [-0.2, 0) is 14.3 Å². The Hall–Kier alpha value is -1.66. The van der Waals surface area contributed by atoms with Crippen molar-refractivity contribution < 1.29 is 24.5 Å². The standard InChI is InChI=1S/C68H131NO5/c1-3-5-7-9-11-13-15-17-19-20-21-24-27-30-33-36-40-44-48-52-56-60-66(71)65(64-70)69-67(72)61-57-53-49-45-41-37-34-31-28-25-22-23-26-29-32-35-39-43-47-51-55-59-63-74-68(73)62-58-54-50-46-42-38-18-16-14-12-10-8-6-4-2/h10,12,16,18,65-66,70-71H,3-9,11,13-15,17,19-64H2,1-2H3,(H,69,72)/b12-10-,18-16-. The molecule has 0 aromatic rings. The van der Waals surface area contributed by atoms with Crippen LogP contribution in [0.2, 0.25) is 0 Å². The van der Waals surface area contributed by atoms with Crippen molar-refractivity contribution in [2.75, 3.05) is 13.2 Å². The number of ether oxygens (including phenoxy) is 1. The average molecular weight is 1040 g/mol. The summed E-state index contributed by atoms with van der Waals surface area (Å²) in [6, 6.07) is -0.543. The van der Waals surface area contributed by atoms with Crippen LogP contribution in [0.4, 0.5) is 0 Å². The zero-order chi connectivity index (χ0) is 53.6. The van der Waals surface area contributed by atoms with E-state index in [4.69, 9.17) is 4.74 Å². The maximum Gasteiger partial charge on any atom is 0.305 e. The maximum absolute atomic E-state index is 12.5. The molecule has 0 saturated carbocycles. The van der Waals surface area contributed by atoms with Gasteiger partial charge in [0, 0.05) is 12.8 Å². The molecule has 0 aromatic heterocycles. The number of amides is 1. The lowest BCUT2D eigenvalue weighted by Crippen LogP contribution is -2.45. The van der Waals surface area contributed by atoms with Crippen molar-refractivity contribution in [3.8, 4) is 0 Å². The highest BCUT2D eigenvalue weighted by atomic mass is 16.5. The number of unbranched alkanes of at least 4 members (excludes halogenated alkanes) is 48. The molecule has 438 valence electrons. The summed E-state index contributed by atoms with van der Waals surface area (Å²) in [7, 11) is 0. The third-order valence-corrected chi connectivity index (χ3v) is 15.8. The van der Waals surface area contributed by atoms with Crippen LogP contribution in [0.5, 0.6) is 0 Å². The molecule has 0 bridgehead atoms. The second kappa shape index (κ2) is 63.9. The molecule has 0 heterocycles. The Labute approximate surface area is 462 Å². The van der Waals surface area contributed by atoms with Gasteiger partial charge in [0.25, 0.3) is 0 Å². The molecule has 0 aliphatic rings. The highest BCUT2D eigenvalue weighted by Gasteiger charge is 2.20. The van der Waals surface area contributed by atoms with E-state index in [0.29, 0.717) is 25.9 Å². The summed E-state index contributed by atoms with van der Waals surface area (Å²) in [5, 5.41) is 23.4. The largest absolute Gasteiger partial charge is 0.466 e. The number of aliphatic hydroxyl groups excluding tert-OH is 2. The molecule has 3 N–H and O–H groups in total. The molecule has 6 heteroatoms. The Bertz CT molecular complexity index is 1150. The van der Waals surface area contributed by atoms with Crippen molar-refractivity contribution in [3.05, 3.63) is 24.3 Å². The lowest BCUT2D eigenvalue weighted by Gasteiger charge is -2.22. The van der Waals surface area contributed by atoms with Gasteiger partial charge in [0.2, 0.25) is 5.91 Å². The van der Waals surface area contributed by atoms with Crippen LogP contribution >= 0.6 is 0 Å². The Morgan fingerprint density at radius 1 is 0.378 bits per heavy atom. The maximum atomic E-state index is 12.5.